The van der Waals surface area contributed by atoms with Crippen molar-refractivity contribution in [2.24, 2.45) is 38.7 Å². The van der Waals surface area contributed by atoms with Crippen LogP contribution in [0.25, 0.3) is 11.1 Å². The molecular formula is C36H38FN5O3. The van der Waals surface area contributed by atoms with E-state index in [-0.39, 0.29) is 47.9 Å². The van der Waals surface area contributed by atoms with Gasteiger partial charge in [-0.15, -0.1) is 5.11 Å². The molecule has 1 fully saturated rings. The molecule has 3 aromatic carbocycles. The molecule has 6 rings (SSSR count). The number of hydrogen-bond acceptors (Lipinski definition) is 7. The molecule has 1 saturated carbocycles. The summed E-state index contributed by atoms with van der Waals surface area (Å²) in [5.74, 6) is -0.527. The zero-order valence-corrected chi connectivity index (χ0v) is 25.3. The van der Waals surface area contributed by atoms with Crippen molar-refractivity contribution in [3.8, 4) is 11.1 Å². The molecule has 9 heteroatoms. The molecular weight excluding hydrogens is 569 g/mol. The van der Waals surface area contributed by atoms with Crippen LogP contribution < -0.4 is 11.1 Å². The number of benzene rings is 3. The van der Waals surface area contributed by atoms with Crippen molar-refractivity contribution in [2.45, 2.75) is 57.8 Å². The van der Waals surface area contributed by atoms with Gasteiger partial charge in [-0.25, -0.2) is 9.38 Å². The van der Waals surface area contributed by atoms with Gasteiger partial charge < -0.3 is 11.1 Å². The number of amidine groups is 1. The Morgan fingerprint density at radius 2 is 1.71 bits per heavy atom. The minimum absolute atomic E-state index is 0.0700. The van der Waals surface area contributed by atoms with Crippen LogP contribution in [0.15, 0.2) is 75.9 Å². The minimum atomic E-state index is -0.624. The highest BCUT2D eigenvalue weighted by molar-refractivity contribution is 6.01. The van der Waals surface area contributed by atoms with Crippen molar-refractivity contribution in [1.82, 2.24) is 0 Å². The molecule has 1 aliphatic heterocycles. The second kappa shape index (κ2) is 13.7. The van der Waals surface area contributed by atoms with Gasteiger partial charge in [-0.2, -0.15) is 5.11 Å². The van der Waals surface area contributed by atoms with Crippen molar-refractivity contribution in [2.75, 3.05) is 18.5 Å². The molecule has 0 bridgehead atoms. The Morgan fingerprint density at radius 3 is 2.42 bits per heavy atom. The molecule has 0 radical (unpaired) electrons. The van der Waals surface area contributed by atoms with Crippen LogP contribution in [-0.2, 0) is 33.6 Å². The standard InChI is InChI=1S/C36H38FN5O3/c37-33-19-30(12-14-32(33)35-39-21-40-42-35)41-36(45)29(18-34(44)26-7-3-23(20-38)4-8-26)15-22-1-5-24(6-2-22)27-10-9-25-11-13-31(43)17-28(25)16-27/h1-2,5-6,9-10,12,14,16,19,23,26,29H,3-4,7-8,11,13,15,17-18,20-21,38H2,(H,41,45)/t23?,26?,29-/m1/s1. The SMILES string of the molecule is NCC1CCC(C(=O)C[C@@H](Cc2ccc(-c3ccc4c(c3)CC(=O)CC4)cc2)C(=O)Nc2ccc(C3=NCN=N3)c(F)c2)CC1. The Bertz CT molecular complexity index is 1660. The Kier molecular flexibility index (Phi) is 9.35. The molecule has 0 saturated heterocycles. The number of hydrogen-bond donors (Lipinski definition) is 2. The summed E-state index contributed by atoms with van der Waals surface area (Å²) in [5, 5.41) is 10.5. The number of nitrogens with zero attached hydrogens (tertiary/aromatic N) is 3. The average molecular weight is 608 g/mol. The Labute approximate surface area is 262 Å². The number of carbonyl (C=O) groups excluding carboxylic acids is 3. The molecule has 3 aromatic rings. The van der Waals surface area contributed by atoms with Gasteiger partial charge in [0.25, 0.3) is 0 Å². The number of halogens is 1. The maximum Gasteiger partial charge on any atom is 0.228 e. The number of fused-ring (bicyclic) bond motifs is 1. The Morgan fingerprint density at radius 1 is 0.933 bits per heavy atom. The summed E-state index contributed by atoms with van der Waals surface area (Å²) in [6, 6.07) is 18.7. The van der Waals surface area contributed by atoms with Crippen molar-refractivity contribution in [1.29, 1.82) is 0 Å². The van der Waals surface area contributed by atoms with E-state index < -0.39 is 11.7 Å². The lowest BCUT2D eigenvalue weighted by molar-refractivity contribution is -0.129. The second-order valence-electron chi connectivity index (χ2n) is 12.5. The van der Waals surface area contributed by atoms with E-state index >= 15 is 0 Å². The number of aliphatic imine (C=N–C) groups is 1. The molecule has 2 aliphatic carbocycles. The van der Waals surface area contributed by atoms with Gasteiger partial charge in [0.15, 0.2) is 12.5 Å². The van der Waals surface area contributed by atoms with Crippen LogP contribution in [0.1, 0.15) is 60.8 Å². The van der Waals surface area contributed by atoms with Crippen LogP contribution in [0.4, 0.5) is 10.1 Å². The van der Waals surface area contributed by atoms with E-state index in [9.17, 15) is 18.8 Å². The smallest absolute Gasteiger partial charge is 0.228 e. The fraction of sp³-hybridized carbons (Fsp3) is 0.389. The van der Waals surface area contributed by atoms with Crippen LogP contribution >= 0.6 is 0 Å². The second-order valence-corrected chi connectivity index (χ2v) is 12.5. The van der Waals surface area contributed by atoms with E-state index in [2.05, 4.69) is 38.7 Å². The average Bonchev–Trinajstić information content (AvgIpc) is 3.59. The monoisotopic (exact) mass is 607 g/mol. The third kappa shape index (κ3) is 7.31. The summed E-state index contributed by atoms with van der Waals surface area (Å²) in [5.41, 5.74) is 11.7. The molecule has 1 atom stereocenters. The van der Waals surface area contributed by atoms with Crippen molar-refractivity contribution in [3.63, 3.8) is 0 Å². The first kappa shape index (κ1) is 30.6. The summed E-state index contributed by atoms with van der Waals surface area (Å²) >= 11 is 0. The summed E-state index contributed by atoms with van der Waals surface area (Å²) in [6.45, 7) is 0.809. The number of aryl methyl sites for hydroxylation is 1. The van der Waals surface area contributed by atoms with Gasteiger partial charge in [-0.05, 0) is 97.0 Å². The quantitative estimate of drug-likeness (QED) is 0.283. The number of Topliss-reactive ketones (excluding diaryl/α,β-unsaturated/α-hetero) is 2. The zero-order valence-electron chi connectivity index (χ0n) is 25.3. The van der Waals surface area contributed by atoms with Crippen LogP contribution in [0, 0.1) is 23.6 Å². The predicted molar refractivity (Wildman–Crippen MR) is 172 cm³/mol. The number of ketones is 2. The number of amides is 1. The highest BCUT2D eigenvalue weighted by Gasteiger charge is 2.30. The van der Waals surface area contributed by atoms with Crippen LogP contribution in [-0.4, -0.2) is 36.5 Å². The number of nitrogens with two attached hydrogens (primary N) is 1. The van der Waals surface area contributed by atoms with Gasteiger partial charge in [0.1, 0.15) is 17.4 Å². The van der Waals surface area contributed by atoms with E-state index in [0.717, 1.165) is 54.4 Å². The number of rotatable bonds is 10. The third-order valence-electron chi connectivity index (χ3n) is 9.42. The molecule has 232 valence electrons. The summed E-state index contributed by atoms with van der Waals surface area (Å²) in [6.07, 6.45) is 5.81. The lowest BCUT2D eigenvalue weighted by atomic mass is 9.77. The minimum Gasteiger partial charge on any atom is -0.330 e. The molecule has 0 aromatic heterocycles. The maximum atomic E-state index is 14.9. The number of anilines is 1. The van der Waals surface area contributed by atoms with Gasteiger partial charge >= 0.3 is 0 Å². The lowest BCUT2D eigenvalue weighted by Crippen LogP contribution is -2.31. The van der Waals surface area contributed by atoms with Gasteiger partial charge in [-0.1, -0.05) is 42.5 Å². The predicted octanol–water partition coefficient (Wildman–Crippen LogP) is 6.24. The van der Waals surface area contributed by atoms with Crippen LogP contribution in [0.3, 0.4) is 0 Å². The van der Waals surface area contributed by atoms with Crippen molar-refractivity contribution in [3.05, 3.63) is 88.7 Å². The zero-order chi connectivity index (χ0) is 31.3. The molecule has 3 aliphatic rings. The summed E-state index contributed by atoms with van der Waals surface area (Å²) < 4.78 is 14.9. The topological polar surface area (TPSA) is 126 Å². The van der Waals surface area contributed by atoms with Crippen molar-refractivity contribution < 1.29 is 18.8 Å². The molecule has 1 heterocycles. The van der Waals surface area contributed by atoms with Crippen LogP contribution in [0.5, 0.6) is 0 Å². The molecule has 8 nitrogen and oxygen atoms in total. The fourth-order valence-electron chi connectivity index (χ4n) is 6.68. The van der Waals surface area contributed by atoms with Gasteiger partial charge in [0.05, 0.1) is 5.56 Å². The number of carbonyl (C=O) groups is 3. The Hall–Kier alpha value is -4.37. The first-order valence-electron chi connectivity index (χ1n) is 15.8. The van der Waals surface area contributed by atoms with E-state index in [1.165, 1.54) is 17.7 Å². The van der Waals surface area contributed by atoms with E-state index in [0.29, 0.717) is 37.4 Å². The molecule has 0 spiro atoms. The molecule has 0 unspecified atom stereocenters. The summed E-state index contributed by atoms with van der Waals surface area (Å²) in [4.78, 5) is 43.2. The molecule has 45 heavy (non-hydrogen) atoms. The fourth-order valence-corrected chi connectivity index (χ4v) is 6.68. The summed E-state index contributed by atoms with van der Waals surface area (Å²) in [7, 11) is 0. The first-order chi connectivity index (χ1) is 21.9. The number of azo groups is 1. The van der Waals surface area contributed by atoms with Crippen LogP contribution in [0.2, 0.25) is 0 Å². The highest BCUT2D eigenvalue weighted by Crippen LogP contribution is 2.32. The van der Waals surface area contributed by atoms with Gasteiger partial charge in [0, 0.05) is 36.8 Å². The van der Waals surface area contributed by atoms with E-state index in [4.69, 9.17) is 5.73 Å². The molecule has 3 N–H and O–H groups in total. The van der Waals surface area contributed by atoms with E-state index in [1.807, 2.05) is 24.3 Å². The molecule has 1 amide bonds. The Balaban J connectivity index is 1.18. The lowest BCUT2D eigenvalue weighted by Gasteiger charge is -2.27. The van der Waals surface area contributed by atoms with Crippen molar-refractivity contribution >= 4 is 29.0 Å². The third-order valence-corrected chi connectivity index (χ3v) is 9.42. The maximum absolute atomic E-state index is 14.9. The number of nitrogens with one attached hydrogen (secondary N) is 1. The first-order valence-corrected chi connectivity index (χ1v) is 15.8. The normalized spacial score (nSPS) is 20.0. The van der Waals surface area contributed by atoms with Gasteiger partial charge in [0.2, 0.25) is 5.91 Å². The van der Waals surface area contributed by atoms with E-state index in [1.54, 1.807) is 6.07 Å². The largest absolute Gasteiger partial charge is 0.330 e. The highest BCUT2D eigenvalue weighted by atomic mass is 19.1. The van der Waals surface area contributed by atoms with Gasteiger partial charge in [-0.3, -0.25) is 14.4 Å².